The highest BCUT2D eigenvalue weighted by Crippen LogP contribution is 2.39. The molecule has 0 saturated heterocycles. The van der Waals surface area contributed by atoms with E-state index in [0.29, 0.717) is 11.5 Å². The molecule has 1 N–H and O–H groups in total. The summed E-state index contributed by atoms with van der Waals surface area (Å²) in [5, 5.41) is 3.63. The summed E-state index contributed by atoms with van der Waals surface area (Å²) in [4.78, 5) is 2.73. The first-order chi connectivity index (χ1) is 8.95. The standard InChI is InChI=1S/C17H34N2/c1-13-8-10-14(11-9-13)19(5)15-7-6-12-17(2,3)16(15)18-4/h13-16,18H,6-12H2,1-5H3. The fourth-order valence-electron chi connectivity index (χ4n) is 4.55. The van der Waals surface area contributed by atoms with Crippen LogP contribution in [-0.2, 0) is 0 Å². The van der Waals surface area contributed by atoms with Gasteiger partial charge in [0.1, 0.15) is 0 Å². The zero-order chi connectivity index (χ0) is 14.0. The Labute approximate surface area is 120 Å². The van der Waals surface area contributed by atoms with E-state index >= 15 is 0 Å². The first-order valence-corrected chi connectivity index (χ1v) is 8.35. The van der Waals surface area contributed by atoms with Crippen molar-refractivity contribution < 1.29 is 0 Å². The molecule has 112 valence electrons. The molecule has 0 heterocycles. The SMILES string of the molecule is CNC1C(N(C)C2CCC(C)CC2)CCCC1(C)C. The third-order valence-electron chi connectivity index (χ3n) is 5.94. The Kier molecular flexibility index (Phi) is 4.94. The summed E-state index contributed by atoms with van der Waals surface area (Å²) in [6.45, 7) is 7.30. The first-order valence-electron chi connectivity index (χ1n) is 8.35. The highest BCUT2D eigenvalue weighted by atomic mass is 15.2. The summed E-state index contributed by atoms with van der Waals surface area (Å²) < 4.78 is 0. The van der Waals surface area contributed by atoms with Crippen molar-refractivity contribution in [2.75, 3.05) is 14.1 Å². The van der Waals surface area contributed by atoms with Crippen LogP contribution >= 0.6 is 0 Å². The summed E-state index contributed by atoms with van der Waals surface area (Å²) in [5.74, 6) is 0.951. The van der Waals surface area contributed by atoms with E-state index in [1.165, 1.54) is 44.9 Å². The number of nitrogens with zero attached hydrogens (tertiary/aromatic N) is 1. The lowest BCUT2D eigenvalue weighted by atomic mass is 9.70. The van der Waals surface area contributed by atoms with Crippen molar-refractivity contribution in [1.82, 2.24) is 10.2 Å². The average Bonchev–Trinajstić information content (AvgIpc) is 2.37. The average molecular weight is 266 g/mol. The molecule has 2 saturated carbocycles. The van der Waals surface area contributed by atoms with Crippen LogP contribution in [0.4, 0.5) is 0 Å². The molecule has 0 aromatic carbocycles. The molecule has 0 aliphatic heterocycles. The van der Waals surface area contributed by atoms with Crippen molar-refractivity contribution in [3.8, 4) is 0 Å². The molecule has 19 heavy (non-hydrogen) atoms. The Bertz CT molecular complexity index is 279. The molecule has 0 bridgehead atoms. The normalized spacial score (nSPS) is 39.5. The molecule has 0 aromatic rings. The van der Waals surface area contributed by atoms with Gasteiger partial charge in [-0.2, -0.15) is 0 Å². The van der Waals surface area contributed by atoms with E-state index in [9.17, 15) is 0 Å². The molecule has 2 fully saturated rings. The third kappa shape index (κ3) is 3.33. The van der Waals surface area contributed by atoms with Crippen LogP contribution in [0.2, 0.25) is 0 Å². The van der Waals surface area contributed by atoms with Crippen LogP contribution in [-0.4, -0.2) is 37.1 Å². The van der Waals surface area contributed by atoms with E-state index < -0.39 is 0 Å². The van der Waals surface area contributed by atoms with Crippen LogP contribution in [0, 0.1) is 11.3 Å². The maximum absolute atomic E-state index is 3.63. The molecular formula is C17H34N2. The topological polar surface area (TPSA) is 15.3 Å². The lowest BCUT2D eigenvalue weighted by Crippen LogP contribution is -2.59. The van der Waals surface area contributed by atoms with Crippen LogP contribution in [0.15, 0.2) is 0 Å². The van der Waals surface area contributed by atoms with E-state index in [2.05, 4.69) is 45.1 Å². The van der Waals surface area contributed by atoms with Crippen molar-refractivity contribution in [2.45, 2.75) is 83.8 Å². The summed E-state index contributed by atoms with van der Waals surface area (Å²) in [5.41, 5.74) is 0.438. The highest BCUT2D eigenvalue weighted by molar-refractivity contribution is 4.98. The van der Waals surface area contributed by atoms with E-state index in [0.717, 1.165) is 18.0 Å². The molecule has 2 aliphatic carbocycles. The van der Waals surface area contributed by atoms with Crippen LogP contribution in [0.25, 0.3) is 0 Å². The van der Waals surface area contributed by atoms with Gasteiger partial charge in [-0.1, -0.05) is 27.2 Å². The molecule has 2 unspecified atom stereocenters. The molecule has 2 heteroatoms. The molecule has 0 radical (unpaired) electrons. The molecule has 2 rings (SSSR count). The number of hydrogen-bond donors (Lipinski definition) is 1. The van der Waals surface area contributed by atoms with E-state index in [-0.39, 0.29) is 0 Å². The summed E-state index contributed by atoms with van der Waals surface area (Å²) >= 11 is 0. The summed E-state index contributed by atoms with van der Waals surface area (Å²) in [7, 11) is 4.54. The Morgan fingerprint density at radius 3 is 2.26 bits per heavy atom. The van der Waals surface area contributed by atoms with Gasteiger partial charge in [-0.25, -0.2) is 0 Å². The number of hydrogen-bond acceptors (Lipinski definition) is 2. The lowest BCUT2D eigenvalue weighted by Gasteiger charge is -2.50. The molecule has 2 atom stereocenters. The minimum Gasteiger partial charge on any atom is -0.315 e. The first kappa shape index (κ1) is 15.3. The maximum atomic E-state index is 3.63. The van der Waals surface area contributed by atoms with Gasteiger partial charge in [0.2, 0.25) is 0 Å². The second-order valence-electron chi connectivity index (χ2n) is 7.79. The smallest absolute Gasteiger partial charge is 0.0271 e. The van der Waals surface area contributed by atoms with Gasteiger partial charge < -0.3 is 5.32 Å². The number of rotatable bonds is 3. The summed E-state index contributed by atoms with van der Waals surface area (Å²) in [6.07, 6.45) is 9.80. The molecule has 0 spiro atoms. The fourth-order valence-corrected chi connectivity index (χ4v) is 4.55. The maximum Gasteiger partial charge on any atom is 0.0271 e. The second-order valence-corrected chi connectivity index (χ2v) is 7.79. The van der Waals surface area contributed by atoms with Gasteiger partial charge in [-0.15, -0.1) is 0 Å². The van der Waals surface area contributed by atoms with Crippen molar-refractivity contribution >= 4 is 0 Å². The highest BCUT2D eigenvalue weighted by Gasteiger charge is 2.41. The van der Waals surface area contributed by atoms with Crippen molar-refractivity contribution in [3.63, 3.8) is 0 Å². The van der Waals surface area contributed by atoms with Crippen LogP contribution < -0.4 is 5.32 Å². The van der Waals surface area contributed by atoms with Crippen LogP contribution in [0.1, 0.15) is 65.7 Å². The molecule has 0 aromatic heterocycles. The Morgan fingerprint density at radius 1 is 1.05 bits per heavy atom. The minimum absolute atomic E-state index is 0.438. The second kappa shape index (κ2) is 6.13. The Hall–Kier alpha value is -0.0800. The largest absolute Gasteiger partial charge is 0.315 e. The van der Waals surface area contributed by atoms with Gasteiger partial charge in [0.25, 0.3) is 0 Å². The lowest BCUT2D eigenvalue weighted by molar-refractivity contribution is 0.0292. The third-order valence-corrected chi connectivity index (χ3v) is 5.94. The number of nitrogens with one attached hydrogen (secondary N) is 1. The van der Waals surface area contributed by atoms with Crippen LogP contribution in [0.3, 0.4) is 0 Å². The predicted molar refractivity (Wildman–Crippen MR) is 83.5 cm³/mol. The fraction of sp³-hybridized carbons (Fsp3) is 1.00. The van der Waals surface area contributed by atoms with E-state index in [1.807, 2.05) is 0 Å². The summed E-state index contributed by atoms with van der Waals surface area (Å²) in [6, 6.07) is 2.20. The monoisotopic (exact) mass is 266 g/mol. The zero-order valence-corrected chi connectivity index (χ0v) is 13.7. The van der Waals surface area contributed by atoms with Crippen LogP contribution in [0.5, 0.6) is 0 Å². The van der Waals surface area contributed by atoms with Crippen molar-refractivity contribution in [2.24, 2.45) is 11.3 Å². The zero-order valence-electron chi connectivity index (χ0n) is 13.7. The van der Waals surface area contributed by atoms with Crippen molar-refractivity contribution in [1.29, 1.82) is 0 Å². The van der Waals surface area contributed by atoms with Gasteiger partial charge in [-0.3, -0.25) is 4.90 Å². The van der Waals surface area contributed by atoms with Gasteiger partial charge in [-0.05, 0) is 64.0 Å². The number of likely N-dealkylation sites (N-methyl/N-ethyl adjacent to an activating group) is 2. The van der Waals surface area contributed by atoms with Gasteiger partial charge in [0.05, 0.1) is 0 Å². The van der Waals surface area contributed by atoms with Crippen molar-refractivity contribution in [3.05, 3.63) is 0 Å². The van der Waals surface area contributed by atoms with E-state index in [4.69, 9.17) is 0 Å². The molecule has 0 amide bonds. The molecular weight excluding hydrogens is 232 g/mol. The molecule has 2 nitrogen and oxygen atoms in total. The van der Waals surface area contributed by atoms with Gasteiger partial charge >= 0.3 is 0 Å². The molecule has 2 aliphatic rings. The minimum atomic E-state index is 0.438. The Balaban J connectivity index is 2.02. The quantitative estimate of drug-likeness (QED) is 0.838. The van der Waals surface area contributed by atoms with Gasteiger partial charge in [0, 0.05) is 18.1 Å². The van der Waals surface area contributed by atoms with Gasteiger partial charge in [0.15, 0.2) is 0 Å². The predicted octanol–water partition coefficient (Wildman–Crippen LogP) is 3.66. The Morgan fingerprint density at radius 2 is 1.68 bits per heavy atom. The van der Waals surface area contributed by atoms with E-state index in [1.54, 1.807) is 0 Å².